The zero-order valence-electron chi connectivity index (χ0n) is 9.88. The summed E-state index contributed by atoms with van der Waals surface area (Å²) in [6.45, 7) is 0.791. The van der Waals surface area contributed by atoms with E-state index in [1.165, 1.54) is 38.5 Å². The summed E-state index contributed by atoms with van der Waals surface area (Å²) >= 11 is 6.18. The summed E-state index contributed by atoms with van der Waals surface area (Å²) in [5.74, 6) is 1.40. The van der Waals surface area contributed by atoms with Crippen LogP contribution in [0.2, 0.25) is 0 Å². The maximum atomic E-state index is 11.7. The molecule has 2 atom stereocenters. The first-order valence-corrected chi connectivity index (χ1v) is 7.10. The molecule has 1 amide bonds. The number of amides is 1. The Hall–Kier alpha value is -0.240. The minimum atomic E-state index is 0.239. The molecular formula is C13H22ClNO. The minimum absolute atomic E-state index is 0.239. The lowest BCUT2D eigenvalue weighted by Crippen LogP contribution is -2.31. The molecule has 2 aliphatic carbocycles. The number of nitrogens with one attached hydrogen (secondary N) is 1. The van der Waals surface area contributed by atoms with Crippen LogP contribution in [0.5, 0.6) is 0 Å². The van der Waals surface area contributed by atoms with Crippen LogP contribution in [-0.4, -0.2) is 17.8 Å². The van der Waals surface area contributed by atoms with Crippen LogP contribution in [0.1, 0.15) is 51.4 Å². The Kier molecular flexibility index (Phi) is 4.51. The van der Waals surface area contributed by atoms with E-state index in [1.807, 2.05) is 0 Å². The molecule has 0 aromatic carbocycles. The van der Waals surface area contributed by atoms with Crippen LogP contribution in [-0.2, 0) is 4.79 Å². The molecule has 2 rings (SSSR count). The largest absolute Gasteiger partial charge is 0.356 e. The lowest BCUT2D eigenvalue weighted by molar-refractivity contribution is -0.122. The second kappa shape index (κ2) is 5.90. The second-order valence-electron chi connectivity index (χ2n) is 5.37. The molecule has 0 aliphatic heterocycles. The molecule has 16 heavy (non-hydrogen) atoms. The number of carbonyl (C=O) groups excluding carboxylic acids is 1. The topological polar surface area (TPSA) is 29.1 Å². The van der Waals surface area contributed by atoms with E-state index in [4.69, 9.17) is 11.6 Å². The molecule has 3 heteroatoms. The maximum Gasteiger partial charge on any atom is 0.220 e. The molecule has 0 aromatic rings. The SMILES string of the molecule is O=C(CC1CCCC1)NCC1CCCC1Cl. The summed E-state index contributed by atoms with van der Waals surface area (Å²) in [5, 5.41) is 3.34. The number of alkyl halides is 1. The molecule has 0 saturated heterocycles. The molecule has 0 spiro atoms. The number of hydrogen-bond donors (Lipinski definition) is 1. The van der Waals surface area contributed by atoms with Crippen LogP contribution in [0, 0.1) is 11.8 Å². The predicted octanol–water partition coefficient (Wildman–Crippen LogP) is 3.09. The summed E-state index contributed by atoms with van der Waals surface area (Å²) in [6, 6.07) is 0. The van der Waals surface area contributed by atoms with Gasteiger partial charge in [-0.15, -0.1) is 11.6 Å². The van der Waals surface area contributed by atoms with Gasteiger partial charge in [0.2, 0.25) is 5.91 Å². The standard InChI is InChI=1S/C13H22ClNO/c14-12-7-3-6-11(12)9-15-13(16)8-10-4-1-2-5-10/h10-12H,1-9H2,(H,15,16). The van der Waals surface area contributed by atoms with Crippen LogP contribution in [0.25, 0.3) is 0 Å². The van der Waals surface area contributed by atoms with E-state index in [0.717, 1.165) is 19.4 Å². The van der Waals surface area contributed by atoms with Crippen molar-refractivity contribution in [2.45, 2.75) is 56.7 Å². The third-order valence-corrected chi connectivity index (χ3v) is 4.65. The maximum absolute atomic E-state index is 11.7. The van der Waals surface area contributed by atoms with Crippen molar-refractivity contribution < 1.29 is 4.79 Å². The average molecular weight is 244 g/mol. The van der Waals surface area contributed by atoms with Gasteiger partial charge in [0.15, 0.2) is 0 Å². The van der Waals surface area contributed by atoms with Crippen molar-refractivity contribution in [1.82, 2.24) is 5.32 Å². The molecular weight excluding hydrogens is 222 g/mol. The van der Waals surface area contributed by atoms with E-state index in [0.29, 0.717) is 11.8 Å². The van der Waals surface area contributed by atoms with E-state index in [9.17, 15) is 4.79 Å². The molecule has 0 aromatic heterocycles. The number of halogens is 1. The Morgan fingerprint density at radius 1 is 1.12 bits per heavy atom. The van der Waals surface area contributed by atoms with Gasteiger partial charge in [0.1, 0.15) is 0 Å². The van der Waals surface area contributed by atoms with Gasteiger partial charge in [-0.1, -0.05) is 19.3 Å². The van der Waals surface area contributed by atoms with E-state index in [1.54, 1.807) is 0 Å². The molecule has 92 valence electrons. The highest BCUT2D eigenvalue weighted by Crippen LogP contribution is 2.30. The molecule has 2 saturated carbocycles. The fourth-order valence-corrected chi connectivity index (χ4v) is 3.38. The second-order valence-corrected chi connectivity index (χ2v) is 5.93. The van der Waals surface area contributed by atoms with Crippen molar-refractivity contribution >= 4 is 17.5 Å². The van der Waals surface area contributed by atoms with Crippen LogP contribution in [0.4, 0.5) is 0 Å². The van der Waals surface area contributed by atoms with Gasteiger partial charge in [0.25, 0.3) is 0 Å². The molecule has 0 bridgehead atoms. The lowest BCUT2D eigenvalue weighted by Gasteiger charge is -2.15. The van der Waals surface area contributed by atoms with Gasteiger partial charge < -0.3 is 5.32 Å². The van der Waals surface area contributed by atoms with Gasteiger partial charge in [-0.3, -0.25) is 4.79 Å². The highest BCUT2D eigenvalue weighted by atomic mass is 35.5. The summed E-state index contributed by atoms with van der Waals surface area (Å²) < 4.78 is 0. The van der Waals surface area contributed by atoms with Crippen LogP contribution in [0.3, 0.4) is 0 Å². The fourth-order valence-electron chi connectivity index (χ4n) is 3.02. The molecule has 2 nitrogen and oxygen atoms in total. The highest BCUT2D eigenvalue weighted by Gasteiger charge is 2.26. The zero-order valence-corrected chi connectivity index (χ0v) is 10.6. The summed E-state index contributed by atoms with van der Waals surface area (Å²) in [5.41, 5.74) is 0. The van der Waals surface area contributed by atoms with Crippen molar-refractivity contribution in [2.75, 3.05) is 6.54 Å². The zero-order chi connectivity index (χ0) is 11.4. The minimum Gasteiger partial charge on any atom is -0.356 e. The highest BCUT2D eigenvalue weighted by molar-refractivity contribution is 6.20. The van der Waals surface area contributed by atoms with Gasteiger partial charge >= 0.3 is 0 Å². The van der Waals surface area contributed by atoms with E-state index in [2.05, 4.69) is 5.32 Å². The summed E-state index contributed by atoms with van der Waals surface area (Å²) in [4.78, 5) is 11.7. The van der Waals surface area contributed by atoms with E-state index < -0.39 is 0 Å². The van der Waals surface area contributed by atoms with Crippen LogP contribution < -0.4 is 5.32 Å². The molecule has 1 N–H and O–H groups in total. The Bertz CT molecular complexity index is 238. The first kappa shape index (κ1) is 12.2. The average Bonchev–Trinajstić information content (AvgIpc) is 2.87. The Balaban J connectivity index is 1.63. The quantitative estimate of drug-likeness (QED) is 0.756. The van der Waals surface area contributed by atoms with Crippen molar-refractivity contribution in [2.24, 2.45) is 11.8 Å². The van der Waals surface area contributed by atoms with Gasteiger partial charge in [0.05, 0.1) is 0 Å². The molecule has 2 fully saturated rings. The molecule has 2 aliphatic rings. The van der Waals surface area contributed by atoms with E-state index in [-0.39, 0.29) is 11.3 Å². The molecule has 2 unspecified atom stereocenters. The van der Waals surface area contributed by atoms with Gasteiger partial charge in [0, 0.05) is 18.3 Å². The third-order valence-electron chi connectivity index (χ3n) is 4.08. The van der Waals surface area contributed by atoms with Gasteiger partial charge in [-0.2, -0.15) is 0 Å². The third kappa shape index (κ3) is 3.38. The number of hydrogen-bond acceptors (Lipinski definition) is 1. The first-order valence-electron chi connectivity index (χ1n) is 6.66. The van der Waals surface area contributed by atoms with Crippen molar-refractivity contribution in [3.8, 4) is 0 Å². The number of rotatable bonds is 4. The Morgan fingerprint density at radius 2 is 1.88 bits per heavy atom. The fraction of sp³-hybridized carbons (Fsp3) is 0.923. The van der Waals surface area contributed by atoms with Crippen molar-refractivity contribution in [1.29, 1.82) is 0 Å². The Morgan fingerprint density at radius 3 is 2.50 bits per heavy atom. The Labute approximate surface area is 103 Å². The summed E-state index contributed by atoms with van der Waals surface area (Å²) in [6.07, 6.45) is 9.36. The first-order chi connectivity index (χ1) is 7.75. The predicted molar refractivity (Wildman–Crippen MR) is 66.6 cm³/mol. The van der Waals surface area contributed by atoms with Gasteiger partial charge in [-0.25, -0.2) is 0 Å². The smallest absolute Gasteiger partial charge is 0.220 e. The number of carbonyl (C=O) groups is 1. The van der Waals surface area contributed by atoms with Gasteiger partial charge in [-0.05, 0) is 37.5 Å². The van der Waals surface area contributed by atoms with Crippen molar-refractivity contribution in [3.63, 3.8) is 0 Å². The van der Waals surface area contributed by atoms with Crippen molar-refractivity contribution in [3.05, 3.63) is 0 Å². The summed E-state index contributed by atoms with van der Waals surface area (Å²) in [7, 11) is 0. The normalized spacial score (nSPS) is 30.8. The molecule has 0 heterocycles. The van der Waals surface area contributed by atoms with Crippen LogP contribution in [0.15, 0.2) is 0 Å². The monoisotopic (exact) mass is 243 g/mol. The van der Waals surface area contributed by atoms with E-state index >= 15 is 0 Å². The molecule has 0 radical (unpaired) electrons. The lowest BCUT2D eigenvalue weighted by atomic mass is 10.0. The van der Waals surface area contributed by atoms with Crippen LogP contribution >= 0.6 is 11.6 Å².